The molecule has 2 heterocycles. The van der Waals surface area contributed by atoms with Gasteiger partial charge in [0.15, 0.2) is 0 Å². The van der Waals surface area contributed by atoms with E-state index >= 15 is 0 Å². The summed E-state index contributed by atoms with van der Waals surface area (Å²) in [5, 5.41) is 5.03. The molecule has 0 amide bonds. The van der Waals surface area contributed by atoms with Crippen LogP contribution in [0.4, 0.5) is 0 Å². The van der Waals surface area contributed by atoms with Crippen LogP contribution in [0.25, 0.3) is 10.1 Å². The van der Waals surface area contributed by atoms with Gasteiger partial charge in [0.2, 0.25) is 0 Å². The number of ether oxygens (including phenoxy) is 1. The highest BCUT2D eigenvalue weighted by atomic mass is 32.1. The second-order valence-electron chi connectivity index (χ2n) is 5.42. The van der Waals surface area contributed by atoms with E-state index < -0.39 is 0 Å². The average Bonchev–Trinajstić information content (AvgIpc) is 3.07. The van der Waals surface area contributed by atoms with Gasteiger partial charge in [-0.3, -0.25) is 0 Å². The number of fused-ring (bicyclic) bond motifs is 1. The van der Waals surface area contributed by atoms with Crippen LogP contribution in [0.5, 0.6) is 0 Å². The number of benzene rings is 1. The van der Waals surface area contributed by atoms with Crippen molar-refractivity contribution >= 4 is 21.4 Å². The Labute approximate surface area is 118 Å². The molecule has 3 atom stereocenters. The predicted octanol–water partition coefficient (Wildman–Crippen LogP) is 4.12. The van der Waals surface area contributed by atoms with Crippen molar-refractivity contribution in [2.75, 3.05) is 6.61 Å². The van der Waals surface area contributed by atoms with Gasteiger partial charge in [0.05, 0.1) is 6.10 Å². The lowest BCUT2D eigenvalue weighted by atomic mass is 10.1. The highest BCUT2D eigenvalue weighted by molar-refractivity contribution is 7.19. The number of rotatable bonds is 4. The number of thiophene rings is 1. The molecular weight excluding hydrogens is 254 g/mol. The molecule has 1 aliphatic heterocycles. The summed E-state index contributed by atoms with van der Waals surface area (Å²) in [5.41, 5.74) is 0. The largest absolute Gasteiger partial charge is 0.377 e. The molecule has 3 unspecified atom stereocenters. The molecule has 1 fully saturated rings. The quantitative estimate of drug-likeness (QED) is 0.906. The molecular formula is C16H21NOS. The van der Waals surface area contributed by atoms with Crippen molar-refractivity contribution in [3.8, 4) is 0 Å². The minimum absolute atomic E-state index is 0.386. The smallest absolute Gasteiger partial charge is 0.0726 e. The molecule has 102 valence electrons. The summed E-state index contributed by atoms with van der Waals surface area (Å²) < 4.78 is 7.12. The van der Waals surface area contributed by atoms with Gasteiger partial charge in [0.1, 0.15) is 0 Å². The zero-order valence-corrected chi connectivity index (χ0v) is 12.4. The number of hydrogen-bond donors (Lipinski definition) is 1. The first kappa shape index (κ1) is 13.1. The molecule has 0 saturated carbocycles. The highest BCUT2D eigenvalue weighted by Gasteiger charge is 2.24. The molecule has 1 aromatic carbocycles. The summed E-state index contributed by atoms with van der Waals surface area (Å²) in [6.45, 7) is 5.41. The molecule has 1 aliphatic rings. The van der Waals surface area contributed by atoms with Crippen LogP contribution >= 0.6 is 11.3 Å². The van der Waals surface area contributed by atoms with E-state index in [0.29, 0.717) is 18.2 Å². The Bertz CT molecular complexity index is 511. The van der Waals surface area contributed by atoms with Gasteiger partial charge in [-0.15, -0.1) is 11.3 Å². The SMILES string of the molecule is CC(NC(C)C1CCCO1)c1cc2ccccc2s1. The van der Waals surface area contributed by atoms with Crippen molar-refractivity contribution in [1.82, 2.24) is 5.32 Å². The van der Waals surface area contributed by atoms with Crippen molar-refractivity contribution in [1.29, 1.82) is 0 Å². The first-order valence-electron chi connectivity index (χ1n) is 7.10. The van der Waals surface area contributed by atoms with Crippen LogP contribution in [-0.4, -0.2) is 18.8 Å². The van der Waals surface area contributed by atoms with Crippen molar-refractivity contribution in [2.24, 2.45) is 0 Å². The summed E-state index contributed by atoms with van der Waals surface area (Å²) in [6.07, 6.45) is 2.78. The molecule has 2 nitrogen and oxygen atoms in total. The minimum atomic E-state index is 0.386. The van der Waals surface area contributed by atoms with E-state index in [9.17, 15) is 0 Å². The van der Waals surface area contributed by atoms with Gasteiger partial charge in [-0.25, -0.2) is 0 Å². The summed E-state index contributed by atoms with van der Waals surface area (Å²) in [5.74, 6) is 0. The molecule has 0 aliphatic carbocycles. The Morgan fingerprint density at radius 2 is 2.16 bits per heavy atom. The predicted molar refractivity (Wildman–Crippen MR) is 81.8 cm³/mol. The maximum absolute atomic E-state index is 5.75. The van der Waals surface area contributed by atoms with Crippen LogP contribution in [0.1, 0.15) is 37.6 Å². The third-order valence-electron chi connectivity index (χ3n) is 3.91. The normalized spacial score (nSPS) is 22.7. The summed E-state index contributed by atoms with van der Waals surface area (Å²) in [4.78, 5) is 1.41. The lowest BCUT2D eigenvalue weighted by Gasteiger charge is -2.23. The minimum Gasteiger partial charge on any atom is -0.377 e. The summed E-state index contributed by atoms with van der Waals surface area (Å²) in [6, 6.07) is 11.7. The van der Waals surface area contributed by atoms with Gasteiger partial charge >= 0.3 is 0 Å². The third kappa shape index (κ3) is 2.83. The zero-order valence-electron chi connectivity index (χ0n) is 11.6. The fraction of sp³-hybridized carbons (Fsp3) is 0.500. The van der Waals surface area contributed by atoms with E-state index in [1.807, 2.05) is 11.3 Å². The van der Waals surface area contributed by atoms with Gasteiger partial charge in [0, 0.05) is 28.3 Å². The number of nitrogens with one attached hydrogen (secondary N) is 1. The fourth-order valence-electron chi connectivity index (χ4n) is 2.80. The van der Waals surface area contributed by atoms with Crippen molar-refractivity contribution in [3.05, 3.63) is 35.2 Å². The fourth-order valence-corrected chi connectivity index (χ4v) is 3.87. The number of hydrogen-bond acceptors (Lipinski definition) is 3. The van der Waals surface area contributed by atoms with Crippen LogP contribution < -0.4 is 5.32 Å². The Balaban J connectivity index is 1.70. The molecule has 19 heavy (non-hydrogen) atoms. The molecule has 0 spiro atoms. The first-order valence-corrected chi connectivity index (χ1v) is 7.92. The van der Waals surface area contributed by atoms with E-state index in [4.69, 9.17) is 4.74 Å². The molecule has 3 rings (SSSR count). The van der Waals surface area contributed by atoms with Crippen LogP contribution in [0, 0.1) is 0 Å². The Morgan fingerprint density at radius 1 is 1.32 bits per heavy atom. The standard InChI is InChI=1S/C16H21NOS/c1-11(14-7-5-9-18-14)17-12(2)16-10-13-6-3-4-8-15(13)19-16/h3-4,6,8,10-12,14,17H,5,7,9H2,1-2H3. The molecule has 1 saturated heterocycles. The van der Waals surface area contributed by atoms with E-state index in [1.165, 1.54) is 27.8 Å². The van der Waals surface area contributed by atoms with Crippen LogP contribution in [-0.2, 0) is 4.74 Å². The molecule has 3 heteroatoms. The van der Waals surface area contributed by atoms with Crippen molar-refractivity contribution in [3.63, 3.8) is 0 Å². The van der Waals surface area contributed by atoms with Gasteiger partial charge in [-0.2, -0.15) is 0 Å². The molecule has 2 aromatic rings. The zero-order chi connectivity index (χ0) is 13.2. The Morgan fingerprint density at radius 3 is 2.89 bits per heavy atom. The average molecular weight is 275 g/mol. The Kier molecular flexibility index (Phi) is 3.87. The van der Waals surface area contributed by atoms with Crippen molar-refractivity contribution < 1.29 is 4.74 Å². The molecule has 1 N–H and O–H groups in total. The maximum Gasteiger partial charge on any atom is 0.0726 e. The van der Waals surface area contributed by atoms with Crippen molar-refractivity contribution in [2.45, 2.75) is 44.9 Å². The summed E-state index contributed by atoms with van der Waals surface area (Å²) >= 11 is 1.89. The van der Waals surface area contributed by atoms with E-state index in [1.54, 1.807) is 0 Å². The van der Waals surface area contributed by atoms with Crippen LogP contribution in [0.15, 0.2) is 30.3 Å². The van der Waals surface area contributed by atoms with Gasteiger partial charge in [0.25, 0.3) is 0 Å². The van der Waals surface area contributed by atoms with Gasteiger partial charge in [-0.05, 0) is 44.2 Å². The second kappa shape index (κ2) is 5.61. The highest BCUT2D eigenvalue weighted by Crippen LogP contribution is 2.30. The first-order chi connectivity index (χ1) is 9.24. The monoisotopic (exact) mass is 275 g/mol. The lowest BCUT2D eigenvalue weighted by Crippen LogP contribution is -2.38. The van der Waals surface area contributed by atoms with Gasteiger partial charge < -0.3 is 10.1 Å². The van der Waals surface area contributed by atoms with E-state index in [2.05, 4.69) is 49.5 Å². The molecule has 1 aromatic heterocycles. The maximum atomic E-state index is 5.75. The van der Waals surface area contributed by atoms with Crippen LogP contribution in [0.3, 0.4) is 0 Å². The second-order valence-corrected chi connectivity index (χ2v) is 6.53. The lowest BCUT2D eigenvalue weighted by molar-refractivity contribution is 0.0805. The summed E-state index contributed by atoms with van der Waals surface area (Å²) in [7, 11) is 0. The molecule has 0 radical (unpaired) electrons. The van der Waals surface area contributed by atoms with Crippen LogP contribution in [0.2, 0.25) is 0 Å². The van der Waals surface area contributed by atoms with E-state index in [-0.39, 0.29) is 0 Å². The topological polar surface area (TPSA) is 21.3 Å². The third-order valence-corrected chi connectivity index (χ3v) is 5.21. The molecule has 0 bridgehead atoms. The van der Waals surface area contributed by atoms with Gasteiger partial charge in [-0.1, -0.05) is 18.2 Å². The Hall–Kier alpha value is -0.900. The van der Waals surface area contributed by atoms with E-state index in [0.717, 1.165) is 6.61 Å².